The Morgan fingerprint density at radius 2 is 2.12 bits per heavy atom. The number of amidine groups is 1. The van der Waals surface area contributed by atoms with E-state index in [1.54, 1.807) is 0 Å². The van der Waals surface area contributed by atoms with Crippen LogP contribution in [0.4, 0.5) is 0 Å². The number of hydrogen-bond donors (Lipinski definition) is 1. The molecule has 0 radical (unpaired) electrons. The molecule has 2 nitrogen and oxygen atoms in total. The highest BCUT2D eigenvalue weighted by molar-refractivity contribution is 6.02. The molecule has 0 bridgehead atoms. The van der Waals surface area contributed by atoms with Gasteiger partial charge in [0.2, 0.25) is 0 Å². The second-order valence-corrected chi connectivity index (χ2v) is 7.43. The van der Waals surface area contributed by atoms with Gasteiger partial charge in [0.1, 0.15) is 5.84 Å². The molecule has 24 heavy (non-hydrogen) atoms. The van der Waals surface area contributed by atoms with Crippen molar-refractivity contribution in [1.82, 2.24) is 5.32 Å². The van der Waals surface area contributed by atoms with Crippen molar-refractivity contribution in [3.8, 4) is 0 Å². The highest BCUT2D eigenvalue weighted by Crippen LogP contribution is 2.31. The van der Waals surface area contributed by atoms with Crippen LogP contribution in [0.25, 0.3) is 0 Å². The van der Waals surface area contributed by atoms with E-state index in [9.17, 15) is 0 Å². The van der Waals surface area contributed by atoms with Crippen molar-refractivity contribution in [2.75, 3.05) is 6.54 Å². The number of nitrogens with zero attached hydrogens (tertiary/aromatic N) is 1. The lowest BCUT2D eigenvalue weighted by atomic mass is 9.86. The maximum Gasteiger partial charge on any atom is 0.132 e. The Bertz CT molecular complexity index is 639. The van der Waals surface area contributed by atoms with Crippen LogP contribution < -0.4 is 5.32 Å². The summed E-state index contributed by atoms with van der Waals surface area (Å²) in [6.45, 7) is 16.0. The summed E-state index contributed by atoms with van der Waals surface area (Å²) < 4.78 is 0. The molecule has 0 fully saturated rings. The summed E-state index contributed by atoms with van der Waals surface area (Å²) in [5, 5.41) is 3.51. The Morgan fingerprint density at radius 1 is 1.38 bits per heavy atom. The summed E-state index contributed by atoms with van der Waals surface area (Å²) in [4.78, 5) is 4.67. The van der Waals surface area contributed by atoms with E-state index in [4.69, 9.17) is 0 Å². The molecule has 2 aliphatic carbocycles. The van der Waals surface area contributed by atoms with Gasteiger partial charge in [-0.3, -0.25) is 4.99 Å². The molecule has 0 saturated heterocycles. The second kappa shape index (κ2) is 7.83. The van der Waals surface area contributed by atoms with Crippen LogP contribution in [0.1, 0.15) is 53.9 Å². The van der Waals surface area contributed by atoms with Gasteiger partial charge in [-0.15, -0.1) is 0 Å². The topological polar surface area (TPSA) is 24.4 Å². The van der Waals surface area contributed by atoms with E-state index in [-0.39, 0.29) is 5.41 Å². The van der Waals surface area contributed by atoms with E-state index >= 15 is 0 Å². The molecule has 0 aromatic rings. The summed E-state index contributed by atoms with van der Waals surface area (Å²) in [6, 6.07) is 0. The first-order valence-corrected chi connectivity index (χ1v) is 9.16. The third-order valence-electron chi connectivity index (χ3n) is 4.63. The first-order valence-electron chi connectivity index (χ1n) is 9.16. The van der Waals surface area contributed by atoms with Gasteiger partial charge in [-0.2, -0.15) is 0 Å². The Labute approximate surface area is 147 Å². The zero-order valence-corrected chi connectivity index (χ0v) is 15.9. The molecule has 0 aromatic heterocycles. The van der Waals surface area contributed by atoms with Crippen molar-refractivity contribution in [2.24, 2.45) is 16.3 Å². The fourth-order valence-electron chi connectivity index (χ4n) is 3.34. The molecule has 0 heterocycles. The molecule has 0 amide bonds. The van der Waals surface area contributed by atoms with Crippen molar-refractivity contribution in [1.29, 1.82) is 0 Å². The molecule has 0 saturated carbocycles. The maximum absolute atomic E-state index is 4.67. The number of nitrogens with one attached hydrogen (secondary N) is 1. The quantitative estimate of drug-likeness (QED) is 0.490. The van der Waals surface area contributed by atoms with Gasteiger partial charge in [0, 0.05) is 29.1 Å². The van der Waals surface area contributed by atoms with Crippen molar-refractivity contribution < 1.29 is 0 Å². The minimum absolute atomic E-state index is 0.102. The largest absolute Gasteiger partial charge is 0.344 e. The molecule has 1 N–H and O–H groups in total. The van der Waals surface area contributed by atoms with Gasteiger partial charge in [0.25, 0.3) is 0 Å². The summed E-state index contributed by atoms with van der Waals surface area (Å²) >= 11 is 0. The van der Waals surface area contributed by atoms with E-state index < -0.39 is 0 Å². The Morgan fingerprint density at radius 3 is 2.67 bits per heavy atom. The zero-order chi connectivity index (χ0) is 17.7. The smallest absolute Gasteiger partial charge is 0.132 e. The average Bonchev–Trinajstić information content (AvgIpc) is 2.87. The predicted octanol–water partition coefficient (Wildman–Crippen LogP) is 5.72. The summed E-state index contributed by atoms with van der Waals surface area (Å²) in [7, 11) is 0. The van der Waals surface area contributed by atoms with Gasteiger partial charge >= 0.3 is 0 Å². The van der Waals surface area contributed by atoms with Crippen molar-refractivity contribution in [2.45, 2.75) is 53.9 Å². The molecule has 1 unspecified atom stereocenters. The summed E-state index contributed by atoms with van der Waals surface area (Å²) in [5.41, 5.74) is 5.17. The van der Waals surface area contributed by atoms with Crippen LogP contribution in [0.3, 0.4) is 0 Å². The van der Waals surface area contributed by atoms with Crippen LogP contribution in [-0.4, -0.2) is 12.4 Å². The Balaban J connectivity index is 2.09. The molecule has 0 spiro atoms. The van der Waals surface area contributed by atoms with E-state index in [1.807, 2.05) is 0 Å². The molecule has 2 rings (SSSR count). The molecular formula is C22H32N2. The predicted molar refractivity (Wildman–Crippen MR) is 106 cm³/mol. The van der Waals surface area contributed by atoms with Crippen LogP contribution in [0.15, 0.2) is 64.4 Å². The van der Waals surface area contributed by atoms with Crippen LogP contribution in [-0.2, 0) is 0 Å². The third kappa shape index (κ3) is 4.59. The minimum Gasteiger partial charge on any atom is -0.344 e. The molecule has 0 aromatic carbocycles. The van der Waals surface area contributed by atoms with Crippen molar-refractivity contribution in [3.63, 3.8) is 0 Å². The van der Waals surface area contributed by atoms with Crippen LogP contribution in [0.5, 0.6) is 0 Å². The van der Waals surface area contributed by atoms with Gasteiger partial charge in [0.15, 0.2) is 0 Å². The van der Waals surface area contributed by atoms with E-state index in [0.29, 0.717) is 5.92 Å². The van der Waals surface area contributed by atoms with Crippen LogP contribution >= 0.6 is 0 Å². The number of aliphatic imine (C=N–C) groups is 1. The molecule has 2 heteroatoms. The van der Waals surface area contributed by atoms with E-state index in [1.165, 1.54) is 29.6 Å². The molecule has 2 aliphatic rings. The molecule has 0 aliphatic heterocycles. The van der Waals surface area contributed by atoms with E-state index in [0.717, 1.165) is 24.5 Å². The first-order chi connectivity index (χ1) is 11.4. The highest BCUT2D eigenvalue weighted by atomic mass is 15.0. The monoisotopic (exact) mass is 324 g/mol. The lowest BCUT2D eigenvalue weighted by Crippen LogP contribution is -2.29. The maximum atomic E-state index is 4.67. The van der Waals surface area contributed by atoms with Gasteiger partial charge in [-0.25, -0.2) is 0 Å². The van der Waals surface area contributed by atoms with E-state index in [2.05, 4.69) is 81.9 Å². The Kier molecular flexibility index (Phi) is 6.04. The fourth-order valence-corrected chi connectivity index (χ4v) is 3.34. The Hall–Kier alpha value is -1.83. The standard InChI is InChI=1S/C22H32N2/c1-7-9-18-10-11-20(16(3)14-18)17(4)24-21(23-8-2)19-12-13-22(5,6)15-19/h10,12-15,20H,4,7-9,11H2,1-3,5-6H3,(H,23,24). The molecule has 1 atom stereocenters. The summed E-state index contributed by atoms with van der Waals surface area (Å²) in [6.07, 6.45) is 14.7. The third-order valence-corrected chi connectivity index (χ3v) is 4.63. The second-order valence-electron chi connectivity index (χ2n) is 7.43. The van der Waals surface area contributed by atoms with Crippen LogP contribution in [0.2, 0.25) is 0 Å². The lowest BCUT2D eigenvalue weighted by molar-refractivity contribution is 0.635. The first kappa shape index (κ1) is 18.5. The minimum atomic E-state index is 0.102. The SMILES string of the molecule is C=C(NC(=NCC)C1=CC(C)(C)C=C1)C1CC=C(CCC)C=C1C. The lowest BCUT2D eigenvalue weighted by Gasteiger charge is -2.25. The molecular weight excluding hydrogens is 292 g/mol. The average molecular weight is 325 g/mol. The highest BCUT2D eigenvalue weighted by Gasteiger charge is 2.22. The summed E-state index contributed by atoms with van der Waals surface area (Å²) in [5.74, 6) is 1.30. The van der Waals surface area contributed by atoms with Gasteiger partial charge in [-0.05, 0) is 26.7 Å². The number of allylic oxidation sites excluding steroid dienone is 6. The van der Waals surface area contributed by atoms with Crippen molar-refractivity contribution >= 4 is 5.84 Å². The van der Waals surface area contributed by atoms with Gasteiger partial charge in [-0.1, -0.05) is 75.3 Å². The normalized spacial score (nSPS) is 22.8. The van der Waals surface area contributed by atoms with Gasteiger partial charge < -0.3 is 5.32 Å². The number of rotatable bonds is 6. The fraction of sp³-hybridized carbons (Fsp3) is 0.500. The van der Waals surface area contributed by atoms with Gasteiger partial charge in [0.05, 0.1) is 0 Å². The number of hydrogen-bond acceptors (Lipinski definition) is 1. The molecule has 130 valence electrons. The zero-order valence-electron chi connectivity index (χ0n) is 15.9. The van der Waals surface area contributed by atoms with Crippen LogP contribution in [0, 0.1) is 11.3 Å². The van der Waals surface area contributed by atoms with Crippen molar-refractivity contribution in [3.05, 3.63) is 59.4 Å².